The zero-order valence-electron chi connectivity index (χ0n) is 19.1. The number of carbonyl (C=O) groups is 3. The Bertz CT molecular complexity index is 1120. The van der Waals surface area contributed by atoms with Crippen LogP contribution >= 0.6 is 0 Å². The smallest absolute Gasteiger partial charge is 0.269 e. The van der Waals surface area contributed by atoms with Crippen LogP contribution in [0.25, 0.3) is 0 Å². The van der Waals surface area contributed by atoms with Crippen LogP contribution < -0.4 is 5.32 Å². The minimum atomic E-state index is -3.88. The number of rotatable bonds is 7. The Balaban J connectivity index is 0.000000310. The standard InChI is InChI=1S/C16H20FN3O3.C7H8O3S/c1-10(20-14(21)8-13(16(20)23)19(2)3)15(22)18-9-11-6-4-5-7-12(11)17;8-11(9,10)6-7-4-2-1-3-5-7/h4-7,10,13H,8-9H2,1-3H3,(H,18,22);1-5H,6H2,(H,8,9,10)/t10-,13?;/m0./s1. The SMILES string of the molecule is C[C@@H](C(=O)NCc1ccccc1F)N1C(=O)CC(N(C)C)C1=O.O=S(=O)(O)Cc1ccccc1. The van der Waals surface area contributed by atoms with Crippen molar-refractivity contribution in [3.05, 3.63) is 71.5 Å². The Labute approximate surface area is 198 Å². The van der Waals surface area contributed by atoms with Crippen molar-refractivity contribution in [3.8, 4) is 0 Å². The van der Waals surface area contributed by atoms with Gasteiger partial charge >= 0.3 is 0 Å². The molecular formula is C23H28FN3O6S. The average Bonchev–Trinajstić information content (AvgIpc) is 3.06. The van der Waals surface area contributed by atoms with Crippen LogP contribution in [0.15, 0.2) is 54.6 Å². The molecule has 1 aliphatic rings. The summed E-state index contributed by atoms with van der Waals surface area (Å²) in [6.45, 7) is 1.49. The molecule has 3 amide bonds. The third kappa shape index (κ3) is 7.72. The summed E-state index contributed by atoms with van der Waals surface area (Å²) in [5.41, 5.74) is 0.938. The molecule has 1 saturated heterocycles. The van der Waals surface area contributed by atoms with Crippen LogP contribution in [-0.2, 0) is 36.8 Å². The lowest BCUT2D eigenvalue weighted by Crippen LogP contribution is -2.49. The third-order valence-corrected chi connectivity index (χ3v) is 5.85. The lowest BCUT2D eigenvalue weighted by molar-refractivity contribution is -0.147. The summed E-state index contributed by atoms with van der Waals surface area (Å²) in [5, 5.41) is 2.56. The van der Waals surface area contributed by atoms with Gasteiger partial charge in [-0.1, -0.05) is 48.5 Å². The number of likely N-dealkylation sites (N-methyl/N-ethyl adjacent to an activating group) is 1. The van der Waals surface area contributed by atoms with Crippen LogP contribution in [0.3, 0.4) is 0 Å². The van der Waals surface area contributed by atoms with Crippen molar-refractivity contribution in [2.75, 3.05) is 14.1 Å². The highest BCUT2D eigenvalue weighted by molar-refractivity contribution is 7.85. The molecule has 1 fully saturated rings. The number of nitrogens with one attached hydrogen (secondary N) is 1. The molecule has 3 rings (SSSR count). The Morgan fingerprint density at radius 1 is 1.15 bits per heavy atom. The molecule has 1 heterocycles. The molecule has 0 radical (unpaired) electrons. The van der Waals surface area contributed by atoms with Crippen LogP contribution in [0.2, 0.25) is 0 Å². The first kappa shape index (κ1) is 27.1. The number of imide groups is 1. The van der Waals surface area contributed by atoms with Crippen molar-refractivity contribution in [3.63, 3.8) is 0 Å². The minimum absolute atomic E-state index is 0.00315. The number of benzene rings is 2. The van der Waals surface area contributed by atoms with Crippen LogP contribution in [0.4, 0.5) is 4.39 Å². The molecule has 0 spiro atoms. The van der Waals surface area contributed by atoms with E-state index in [2.05, 4.69) is 5.32 Å². The van der Waals surface area contributed by atoms with Gasteiger partial charge in [-0.3, -0.25) is 28.7 Å². The molecule has 9 nitrogen and oxygen atoms in total. The van der Waals surface area contributed by atoms with Gasteiger partial charge in [0.05, 0.1) is 12.5 Å². The van der Waals surface area contributed by atoms with E-state index in [0.29, 0.717) is 11.1 Å². The first-order valence-corrected chi connectivity index (χ1v) is 12.0. The van der Waals surface area contributed by atoms with Crippen molar-refractivity contribution in [1.82, 2.24) is 15.1 Å². The number of hydrogen-bond donors (Lipinski definition) is 2. The number of nitrogens with zero attached hydrogens (tertiary/aromatic N) is 2. The lowest BCUT2D eigenvalue weighted by atomic mass is 10.2. The summed E-state index contributed by atoms with van der Waals surface area (Å²) in [6.07, 6.45) is 0.0662. The molecule has 11 heteroatoms. The van der Waals surface area contributed by atoms with Gasteiger partial charge in [-0.05, 0) is 32.6 Å². The van der Waals surface area contributed by atoms with Gasteiger partial charge in [0.25, 0.3) is 10.1 Å². The maximum Gasteiger partial charge on any atom is 0.269 e. The molecule has 2 aromatic carbocycles. The van der Waals surface area contributed by atoms with E-state index in [9.17, 15) is 27.2 Å². The summed E-state index contributed by atoms with van der Waals surface area (Å²) < 4.78 is 42.7. The predicted molar refractivity (Wildman–Crippen MR) is 123 cm³/mol. The number of hydrogen-bond acceptors (Lipinski definition) is 6. The monoisotopic (exact) mass is 493 g/mol. The minimum Gasteiger partial charge on any atom is -0.350 e. The van der Waals surface area contributed by atoms with Crippen molar-refractivity contribution in [2.45, 2.75) is 37.7 Å². The summed E-state index contributed by atoms with van der Waals surface area (Å²) in [7, 11) is -0.456. The largest absolute Gasteiger partial charge is 0.350 e. The zero-order valence-corrected chi connectivity index (χ0v) is 20.0. The van der Waals surface area contributed by atoms with Gasteiger partial charge < -0.3 is 5.32 Å². The normalized spacial score (nSPS) is 16.8. The van der Waals surface area contributed by atoms with Gasteiger partial charge in [-0.15, -0.1) is 0 Å². The molecule has 1 aliphatic heterocycles. The van der Waals surface area contributed by atoms with Crippen LogP contribution in [-0.4, -0.2) is 66.7 Å². The fourth-order valence-electron chi connectivity index (χ4n) is 3.32. The summed E-state index contributed by atoms with van der Waals surface area (Å²) in [5.74, 6) is -1.97. The molecule has 2 aromatic rings. The Kier molecular flexibility index (Phi) is 9.42. The summed E-state index contributed by atoms with van der Waals surface area (Å²) in [4.78, 5) is 39.1. The van der Waals surface area contributed by atoms with E-state index in [0.717, 1.165) is 4.90 Å². The second kappa shape index (κ2) is 11.8. The average molecular weight is 494 g/mol. The van der Waals surface area contributed by atoms with Gasteiger partial charge in [0.15, 0.2) is 0 Å². The first-order valence-electron chi connectivity index (χ1n) is 10.4. The van der Waals surface area contributed by atoms with Crippen LogP contribution in [0.5, 0.6) is 0 Å². The fraction of sp³-hybridized carbons (Fsp3) is 0.348. The molecule has 0 aliphatic carbocycles. The molecule has 1 unspecified atom stereocenters. The quantitative estimate of drug-likeness (QED) is 0.443. The Morgan fingerprint density at radius 3 is 2.26 bits per heavy atom. The van der Waals surface area contributed by atoms with E-state index in [-0.39, 0.29) is 30.5 Å². The fourth-order valence-corrected chi connectivity index (χ4v) is 3.93. The number of carbonyl (C=O) groups excluding carboxylic acids is 3. The van der Waals surface area contributed by atoms with Crippen LogP contribution in [0.1, 0.15) is 24.5 Å². The van der Waals surface area contributed by atoms with Crippen molar-refractivity contribution in [2.24, 2.45) is 0 Å². The maximum absolute atomic E-state index is 13.5. The predicted octanol–water partition coefficient (Wildman–Crippen LogP) is 1.59. The van der Waals surface area contributed by atoms with Gasteiger partial charge in [0.1, 0.15) is 17.6 Å². The van der Waals surface area contributed by atoms with Gasteiger partial charge in [-0.25, -0.2) is 4.39 Å². The molecule has 184 valence electrons. The summed E-state index contributed by atoms with van der Waals surface area (Å²) >= 11 is 0. The van der Waals surface area contributed by atoms with Gasteiger partial charge in [0, 0.05) is 12.1 Å². The van der Waals surface area contributed by atoms with Crippen LogP contribution in [0, 0.1) is 5.82 Å². The number of halogens is 1. The third-order valence-electron chi connectivity index (χ3n) is 5.15. The number of amides is 3. The Hall–Kier alpha value is -3.15. The maximum atomic E-state index is 13.5. The highest BCUT2D eigenvalue weighted by Crippen LogP contribution is 2.19. The molecular weight excluding hydrogens is 465 g/mol. The van der Waals surface area contributed by atoms with E-state index in [1.165, 1.54) is 13.0 Å². The molecule has 2 N–H and O–H groups in total. The van der Waals surface area contributed by atoms with Crippen molar-refractivity contribution >= 4 is 27.8 Å². The lowest BCUT2D eigenvalue weighted by Gasteiger charge is -2.23. The second-order valence-electron chi connectivity index (χ2n) is 7.98. The van der Waals surface area contributed by atoms with E-state index in [1.54, 1.807) is 67.5 Å². The molecule has 34 heavy (non-hydrogen) atoms. The van der Waals surface area contributed by atoms with E-state index in [1.807, 2.05) is 0 Å². The van der Waals surface area contributed by atoms with Gasteiger partial charge in [-0.2, -0.15) is 8.42 Å². The van der Waals surface area contributed by atoms with E-state index >= 15 is 0 Å². The molecule has 0 aromatic heterocycles. The molecule has 2 atom stereocenters. The Morgan fingerprint density at radius 2 is 1.74 bits per heavy atom. The molecule has 0 bridgehead atoms. The van der Waals surface area contributed by atoms with E-state index < -0.39 is 33.9 Å². The number of likely N-dealkylation sites (tertiary alicyclic amines) is 1. The van der Waals surface area contributed by atoms with E-state index in [4.69, 9.17) is 4.55 Å². The zero-order chi connectivity index (χ0) is 25.5. The van der Waals surface area contributed by atoms with Gasteiger partial charge in [0.2, 0.25) is 17.7 Å². The first-order chi connectivity index (χ1) is 15.9. The topological polar surface area (TPSA) is 124 Å². The second-order valence-corrected chi connectivity index (χ2v) is 9.44. The van der Waals surface area contributed by atoms with Crippen molar-refractivity contribution in [1.29, 1.82) is 0 Å². The van der Waals surface area contributed by atoms with Crippen molar-refractivity contribution < 1.29 is 31.7 Å². The highest BCUT2D eigenvalue weighted by Gasteiger charge is 2.43. The highest BCUT2D eigenvalue weighted by atomic mass is 32.2. The summed E-state index contributed by atoms with van der Waals surface area (Å²) in [6, 6.07) is 13.2. The molecule has 0 saturated carbocycles.